The molecule has 0 spiro atoms. The van der Waals surface area contributed by atoms with Gasteiger partial charge in [0.05, 0.1) is 0 Å². The van der Waals surface area contributed by atoms with Gasteiger partial charge >= 0.3 is 45.1 Å². The summed E-state index contributed by atoms with van der Waals surface area (Å²) in [5.74, 6) is 0. The van der Waals surface area contributed by atoms with E-state index in [0.29, 0.717) is 0 Å². The fraction of sp³-hybridized carbons (Fsp3) is 0. The molecule has 1 rings (SSSR count). The summed E-state index contributed by atoms with van der Waals surface area (Å²) in [6.07, 6.45) is 1.17. The van der Waals surface area contributed by atoms with Gasteiger partial charge in [0, 0.05) is 11.5 Å². The van der Waals surface area contributed by atoms with Crippen LogP contribution in [-0.2, 0) is 10.3 Å². The van der Waals surface area contributed by atoms with E-state index in [9.17, 15) is 8.42 Å². The zero-order chi connectivity index (χ0) is 7.61. The second-order valence-electron chi connectivity index (χ2n) is 1.28. The summed E-state index contributed by atoms with van der Waals surface area (Å²) in [5.41, 5.74) is 0. The fourth-order valence-electron chi connectivity index (χ4n) is 0.299. The summed E-state index contributed by atoms with van der Waals surface area (Å²) in [6.45, 7) is 0. The van der Waals surface area contributed by atoms with Crippen LogP contribution in [0.4, 0.5) is 0 Å². The van der Waals surface area contributed by atoms with E-state index < -0.39 is 10.3 Å². The quantitative estimate of drug-likeness (QED) is 0.591. The molecule has 0 aliphatic carbocycles. The number of hydrogen-bond donors (Lipinski definition) is 1. The van der Waals surface area contributed by atoms with Crippen molar-refractivity contribution in [1.82, 2.24) is 9.36 Å². The van der Waals surface area contributed by atoms with Crippen molar-refractivity contribution in [2.45, 2.75) is 0 Å². The van der Waals surface area contributed by atoms with Crippen LogP contribution in [0.5, 0.6) is 5.19 Å². The number of hydrogen-bond acceptors (Lipinski definition) is 6. The van der Waals surface area contributed by atoms with Gasteiger partial charge in [0.15, 0.2) is 0 Å². The van der Waals surface area contributed by atoms with Gasteiger partial charge in [-0.15, -0.1) is 0 Å². The molecule has 0 atom stereocenters. The minimum absolute atomic E-state index is 0. The molecule has 0 aromatic carbocycles. The summed E-state index contributed by atoms with van der Waals surface area (Å²) in [4.78, 5) is 3.43. The van der Waals surface area contributed by atoms with Crippen LogP contribution in [0.25, 0.3) is 0 Å². The molecule has 0 unspecified atom stereocenters. The standard InChI is InChI=1S/C2H3N3O3S2.Na.H/c3-10(6,7)8-2-4-1-5-9-2;;/h1H,(H2,3,6,7);;. The Morgan fingerprint density at radius 2 is 2.27 bits per heavy atom. The molecular formula is C2H4N3NaO3S2. The van der Waals surface area contributed by atoms with Gasteiger partial charge in [-0.1, -0.05) is 0 Å². The van der Waals surface area contributed by atoms with Gasteiger partial charge < -0.3 is 4.18 Å². The summed E-state index contributed by atoms with van der Waals surface area (Å²) in [6, 6.07) is 0. The number of rotatable bonds is 2. The molecule has 1 aromatic heterocycles. The first-order chi connectivity index (χ1) is 4.58. The monoisotopic (exact) mass is 205 g/mol. The Balaban J connectivity index is 0.000001000. The summed E-state index contributed by atoms with van der Waals surface area (Å²) >= 11 is 0.807. The van der Waals surface area contributed by atoms with Crippen LogP contribution in [0.3, 0.4) is 0 Å². The van der Waals surface area contributed by atoms with Crippen LogP contribution >= 0.6 is 11.5 Å². The molecular weight excluding hydrogens is 201 g/mol. The Bertz CT molecular complexity index is 294. The van der Waals surface area contributed by atoms with Gasteiger partial charge in [-0.3, -0.25) is 0 Å². The molecule has 6 nitrogen and oxygen atoms in total. The Labute approximate surface area is 89.5 Å². The Kier molecular flexibility index (Phi) is 4.44. The van der Waals surface area contributed by atoms with Crippen LogP contribution in [0.15, 0.2) is 6.33 Å². The van der Waals surface area contributed by atoms with Gasteiger partial charge in [-0.2, -0.15) is 22.9 Å². The first-order valence-corrected chi connectivity index (χ1v) is 4.31. The number of aromatic nitrogens is 2. The van der Waals surface area contributed by atoms with E-state index in [0.717, 1.165) is 11.5 Å². The third-order valence-electron chi connectivity index (χ3n) is 0.529. The molecule has 0 saturated carbocycles. The normalized spacial score (nSPS) is 10.3. The minimum atomic E-state index is -3.94. The van der Waals surface area contributed by atoms with Crippen molar-refractivity contribution in [2.24, 2.45) is 5.14 Å². The molecule has 0 fully saturated rings. The van der Waals surface area contributed by atoms with Crippen molar-refractivity contribution in [3.63, 3.8) is 0 Å². The van der Waals surface area contributed by atoms with E-state index in [1.54, 1.807) is 0 Å². The first-order valence-electron chi connectivity index (χ1n) is 2.07. The molecule has 0 amide bonds. The zero-order valence-electron chi connectivity index (χ0n) is 4.59. The third kappa shape index (κ3) is 4.67. The number of nitrogens with zero attached hydrogens (tertiary/aromatic N) is 2. The van der Waals surface area contributed by atoms with Crippen molar-refractivity contribution in [1.29, 1.82) is 0 Å². The van der Waals surface area contributed by atoms with Crippen molar-refractivity contribution < 1.29 is 12.6 Å². The van der Waals surface area contributed by atoms with Crippen LogP contribution in [0, 0.1) is 0 Å². The van der Waals surface area contributed by atoms with E-state index >= 15 is 0 Å². The van der Waals surface area contributed by atoms with Crippen molar-refractivity contribution >= 4 is 51.4 Å². The van der Waals surface area contributed by atoms with Crippen LogP contribution < -0.4 is 9.32 Å². The Morgan fingerprint density at radius 3 is 2.64 bits per heavy atom. The maximum atomic E-state index is 10.2. The van der Waals surface area contributed by atoms with E-state index in [-0.39, 0.29) is 34.8 Å². The Morgan fingerprint density at radius 1 is 1.64 bits per heavy atom. The van der Waals surface area contributed by atoms with E-state index in [1.807, 2.05) is 0 Å². The molecule has 0 radical (unpaired) electrons. The first kappa shape index (κ1) is 11.3. The average Bonchev–Trinajstić information content (AvgIpc) is 2.12. The van der Waals surface area contributed by atoms with Gasteiger partial charge in [0.25, 0.3) is 0 Å². The van der Waals surface area contributed by atoms with Crippen LogP contribution in [0.1, 0.15) is 0 Å². The maximum absolute atomic E-state index is 10.2. The van der Waals surface area contributed by atoms with Crippen LogP contribution in [-0.4, -0.2) is 47.3 Å². The van der Waals surface area contributed by atoms with Crippen molar-refractivity contribution in [3.8, 4) is 5.19 Å². The molecule has 0 aliphatic rings. The van der Waals surface area contributed by atoms with Gasteiger partial charge in [-0.25, -0.2) is 0 Å². The molecule has 1 heterocycles. The summed E-state index contributed by atoms with van der Waals surface area (Å²) < 4.78 is 28.0. The molecule has 0 saturated heterocycles. The van der Waals surface area contributed by atoms with E-state index in [4.69, 9.17) is 0 Å². The molecule has 2 N–H and O–H groups in total. The summed E-state index contributed by atoms with van der Waals surface area (Å²) in [7, 11) is -3.94. The fourth-order valence-corrected chi connectivity index (χ4v) is 1.23. The van der Waals surface area contributed by atoms with Gasteiger partial charge in [0.1, 0.15) is 6.33 Å². The van der Waals surface area contributed by atoms with Crippen molar-refractivity contribution in [2.75, 3.05) is 0 Å². The average molecular weight is 205 g/mol. The molecule has 1 aromatic rings. The predicted molar refractivity (Wildman–Crippen MR) is 40.8 cm³/mol. The topological polar surface area (TPSA) is 95.2 Å². The SMILES string of the molecule is NS(=O)(=O)Oc1ncns1.[NaH]. The molecule has 9 heteroatoms. The van der Waals surface area contributed by atoms with Gasteiger partial charge in [-0.05, 0) is 0 Å². The Hall–Kier alpha value is 0.270. The third-order valence-corrected chi connectivity index (χ3v) is 1.57. The predicted octanol–water partition coefficient (Wildman–Crippen LogP) is -1.53. The molecule has 0 aliphatic heterocycles. The van der Waals surface area contributed by atoms with Gasteiger partial charge in [0.2, 0.25) is 0 Å². The molecule has 11 heavy (non-hydrogen) atoms. The van der Waals surface area contributed by atoms with Crippen molar-refractivity contribution in [3.05, 3.63) is 6.33 Å². The molecule has 58 valence electrons. The van der Waals surface area contributed by atoms with Crippen LogP contribution in [0.2, 0.25) is 0 Å². The molecule has 0 bridgehead atoms. The second-order valence-corrected chi connectivity index (χ2v) is 3.18. The van der Waals surface area contributed by atoms with E-state index in [2.05, 4.69) is 18.7 Å². The second kappa shape index (κ2) is 4.33. The number of nitrogens with two attached hydrogens (primary N) is 1. The van der Waals surface area contributed by atoms with E-state index in [1.165, 1.54) is 6.33 Å². The summed E-state index contributed by atoms with van der Waals surface area (Å²) in [5, 5.41) is 4.43. The zero-order valence-corrected chi connectivity index (χ0v) is 6.22.